The molecule has 84 valence electrons. The maximum Gasteiger partial charge on any atom is 0.119 e. The van der Waals surface area contributed by atoms with Crippen molar-refractivity contribution >= 4 is 0 Å². The predicted molar refractivity (Wildman–Crippen MR) is 62.2 cm³/mol. The zero-order valence-corrected chi connectivity index (χ0v) is 9.99. The molecule has 1 rings (SSSR count). The van der Waals surface area contributed by atoms with Gasteiger partial charge >= 0.3 is 0 Å². The van der Waals surface area contributed by atoms with Crippen molar-refractivity contribution in [1.29, 1.82) is 0 Å². The van der Waals surface area contributed by atoms with Gasteiger partial charge in [0.05, 0.1) is 12.2 Å². The molecule has 15 heavy (non-hydrogen) atoms. The monoisotopic (exact) mass is 208 g/mol. The Morgan fingerprint density at radius 3 is 2.20 bits per heavy atom. The maximum absolute atomic E-state index is 5.69. The van der Waals surface area contributed by atoms with Gasteiger partial charge in [-0.1, -0.05) is 19.1 Å². The fourth-order valence-electron chi connectivity index (χ4n) is 1.27. The van der Waals surface area contributed by atoms with Crippen LogP contribution in [0.4, 0.5) is 0 Å². The van der Waals surface area contributed by atoms with Crippen molar-refractivity contribution in [2.45, 2.75) is 39.4 Å². The largest absolute Gasteiger partial charge is 0.491 e. The Balaban J connectivity index is 2.64. The first kappa shape index (κ1) is 12.1. The van der Waals surface area contributed by atoms with Crippen LogP contribution >= 0.6 is 0 Å². The number of hydrogen-bond donors (Lipinski definition) is 0. The zero-order chi connectivity index (χ0) is 11.3. The average molecular weight is 208 g/mol. The number of ether oxygens (including phenoxy) is 2. The Labute approximate surface area is 92.2 Å². The van der Waals surface area contributed by atoms with E-state index in [0.29, 0.717) is 0 Å². The lowest BCUT2D eigenvalue weighted by Gasteiger charge is -2.14. The fraction of sp³-hybridized carbons (Fsp3) is 0.538. The Kier molecular flexibility index (Phi) is 4.63. The second kappa shape index (κ2) is 5.76. The molecule has 0 aromatic heterocycles. The normalized spacial score (nSPS) is 14.7. The van der Waals surface area contributed by atoms with Crippen LogP contribution in [-0.4, -0.2) is 13.2 Å². The molecule has 0 saturated carbocycles. The third-order valence-electron chi connectivity index (χ3n) is 2.62. The van der Waals surface area contributed by atoms with E-state index in [-0.39, 0.29) is 12.2 Å². The van der Waals surface area contributed by atoms with Gasteiger partial charge in [0.1, 0.15) is 5.75 Å². The van der Waals surface area contributed by atoms with Gasteiger partial charge < -0.3 is 9.47 Å². The van der Waals surface area contributed by atoms with Crippen LogP contribution in [0.25, 0.3) is 0 Å². The average Bonchev–Trinajstić information content (AvgIpc) is 2.29. The summed E-state index contributed by atoms with van der Waals surface area (Å²) in [7, 11) is 1.72. The van der Waals surface area contributed by atoms with Crippen molar-refractivity contribution in [3.8, 4) is 5.75 Å². The topological polar surface area (TPSA) is 18.5 Å². The van der Waals surface area contributed by atoms with Crippen LogP contribution < -0.4 is 4.74 Å². The van der Waals surface area contributed by atoms with Gasteiger partial charge in [-0.25, -0.2) is 0 Å². The standard InChI is InChI=1S/C13H20O2/c1-5-10(2)15-13-8-6-12(7-9-13)11(3)14-4/h6-11H,5H2,1-4H3. The summed E-state index contributed by atoms with van der Waals surface area (Å²) in [6.07, 6.45) is 1.44. The minimum Gasteiger partial charge on any atom is -0.491 e. The van der Waals surface area contributed by atoms with Crippen molar-refractivity contribution < 1.29 is 9.47 Å². The molecule has 1 aromatic carbocycles. The summed E-state index contributed by atoms with van der Waals surface area (Å²) in [5.74, 6) is 0.927. The quantitative estimate of drug-likeness (QED) is 0.736. The van der Waals surface area contributed by atoms with E-state index in [2.05, 4.69) is 13.8 Å². The smallest absolute Gasteiger partial charge is 0.119 e. The molecule has 0 aliphatic carbocycles. The van der Waals surface area contributed by atoms with Gasteiger partial charge in [-0.3, -0.25) is 0 Å². The molecule has 2 atom stereocenters. The summed E-state index contributed by atoms with van der Waals surface area (Å²) >= 11 is 0. The second-order valence-electron chi connectivity index (χ2n) is 3.78. The van der Waals surface area contributed by atoms with E-state index in [4.69, 9.17) is 9.47 Å². The Morgan fingerprint density at radius 2 is 1.73 bits per heavy atom. The molecule has 2 heteroatoms. The molecule has 0 aliphatic heterocycles. The fourth-order valence-corrected chi connectivity index (χ4v) is 1.27. The van der Waals surface area contributed by atoms with Gasteiger partial charge in [0, 0.05) is 7.11 Å². The zero-order valence-electron chi connectivity index (χ0n) is 9.99. The summed E-state index contributed by atoms with van der Waals surface area (Å²) in [6, 6.07) is 8.09. The SMILES string of the molecule is CCC(C)Oc1ccc(C(C)OC)cc1. The third kappa shape index (κ3) is 3.56. The summed E-state index contributed by atoms with van der Waals surface area (Å²) in [4.78, 5) is 0. The molecule has 2 nitrogen and oxygen atoms in total. The minimum atomic E-state index is 0.141. The molecular weight excluding hydrogens is 188 g/mol. The van der Waals surface area contributed by atoms with E-state index in [0.717, 1.165) is 12.2 Å². The van der Waals surface area contributed by atoms with E-state index in [1.165, 1.54) is 5.56 Å². The highest BCUT2D eigenvalue weighted by molar-refractivity contribution is 5.28. The van der Waals surface area contributed by atoms with E-state index in [1.54, 1.807) is 7.11 Å². The lowest BCUT2D eigenvalue weighted by molar-refractivity contribution is 0.119. The lowest BCUT2D eigenvalue weighted by Crippen LogP contribution is -2.09. The van der Waals surface area contributed by atoms with Gasteiger partial charge in [-0.15, -0.1) is 0 Å². The van der Waals surface area contributed by atoms with Crippen molar-refractivity contribution in [3.05, 3.63) is 29.8 Å². The predicted octanol–water partition coefficient (Wildman–Crippen LogP) is 3.57. The van der Waals surface area contributed by atoms with Gasteiger partial charge in [0.25, 0.3) is 0 Å². The summed E-state index contributed by atoms with van der Waals surface area (Å²) < 4.78 is 10.9. The third-order valence-corrected chi connectivity index (χ3v) is 2.62. The molecule has 0 N–H and O–H groups in total. The van der Waals surface area contributed by atoms with E-state index in [1.807, 2.05) is 31.2 Å². The van der Waals surface area contributed by atoms with Crippen LogP contribution in [0.3, 0.4) is 0 Å². The number of rotatable bonds is 5. The first-order valence-electron chi connectivity index (χ1n) is 5.46. The lowest BCUT2D eigenvalue weighted by atomic mass is 10.1. The molecule has 2 unspecified atom stereocenters. The van der Waals surface area contributed by atoms with Crippen LogP contribution in [0.15, 0.2) is 24.3 Å². The highest BCUT2D eigenvalue weighted by atomic mass is 16.5. The van der Waals surface area contributed by atoms with E-state index >= 15 is 0 Å². The van der Waals surface area contributed by atoms with Crippen molar-refractivity contribution in [2.24, 2.45) is 0 Å². The van der Waals surface area contributed by atoms with Gasteiger partial charge in [-0.05, 0) is 38.0 Å². The maximum atomic E-state index is 5.69. The van der Waals surface area contributed by atoms with Crippen LogP contribution in [0.5, 0.6) is 5.75 Å². The first-order chi connectivity index (χ1) is 7.17. The van der Waals surface area contributed by atoms with Crippen molar-refractivity contribution in [1.82, 2.24) is 0 Å². The van der Waals surface area contributed by atoms with Gasteiger partial charge in [-0.2, -0.15) is 0 Å². The van der Waals surface area contributed by atoms with Crippen molar-refractivity contribution in [3.63, 3.8) is 0 Å². The molecule has 0 heterocycles. The number of methoxy groups -OCH3 is 1. The van der Waals surface area contributed by atoms with Crippen LogP contribution in [0.2, 0.25) is 0 Å². The highest BCUT2D eigenvalue weighted by Gasteiger charge is 2.04. The molecule has 1 aromatic rings. The molecule has 0 aliphatic rings. The Bertz CT molecular complexity index is 279. The molecule has 0 radical (unpaired) electrons. The first-order valence-corrected chi connectivity index (χ1v) is 5.46. The summed E-state index contributed by atoms with van der Waals surface area (Å²) in [5.41, 5.74) is 1.18. The summed E-state index contributed by atoms with van der Waals surface area (Å²) in [6.45, 7) is 6.22. The van der Waals surface area contributed by atoms with Crippen molar-refractivity contribution in [2.75, 3.05) is 7.11 Å². The minimum absolute atomic E-state index is 0.141. The second-order valence-corrected chi connectivity index (χ2v) is 3.78. The van der Waals surface area contributed by atoms with Gasteiger partial charge in [0.15, 0.2) is 0 Å². The molecule has 0 amide bonds. The summed E-state index contributed by atoms with van der Waals surface area (Å²) in [5, 5.41) is 0. The van der Waals surface area contributed by atoms with E-state index in [9.17, 15) is 0 Å². The van der Waals surface area contributed by atoms with Crippen LogP contribution in [0.1, 0.15) is 38.9 Å². The Morgan fingerprint density at radius 1 is 1.13 bits per heavy atom. The number of hydrogen-bond acceptors (Lipinski definition) is 2. The van der Waals surface area contributed by atoms with Crippen LogP contribution in [-0.2, 0) is 4.74 Å². The Hall–Kier alpha value is -1.02. The van der Waals surface area contributed by atoms with Crippen LogP contribution in [0, 0.1) is 0 Å². The van der Waals surface area contributed by atoms with E-state index < -0.39 is 0 Å². The molecule has 0 saturated heterocycles. The van der Waals surface area contributed by atoms with Gasteiger partial charge in [0.2, 0.25) is 0 Å². The molecule has 0 fully saturated rings. The highest BCUT2D eigenvalue weighted by Crippen LogP contribution is 2.20. The number of benzene rings is 1. The molecular formula is C13H20O2. The molecule has 0 bridgehead atoms. The molecule has 0 spiro atoms.